The molecule has 0 aliphatic rings. The van der Waals surface area contributed by atoms with Gasteiger partial charge in [0, 0.05) is 16.6 Å². The van der Waals surface area contributed by atoms with Gasteiger partial charge < -0.3 is 4.57 Å². The molecule has 32 heavy (non-hydrogen) atoms. The summed E-state index contributed by atoms with van der Waals surface area (Å²) in [7, 11) is 0. The third-order valence-corrected chi connectivity index (χ3v) is 6.48. The molecule has 8 heteroatoms. The molecule has 1 heterocycles. The van der Waals surface area contributed by atoms with Gasteiger partial charge in [-0.2, -0.15) is 5.10 Å². The first kappa shape index (κ1) is 24.2. The van der Waals surface area contributed by atoms with E-state index in [1.807, 2.05) is 42.7 Å². The minimum absolute atomic E-state index is 0.101. The average molecular weight is 514 g/mol. The molecule has 1 N–H and O–H groups in total. The van der Waals surface area contributed by atoms with Crippen LogP contribution in [-0.4, -0.2) is 32.1 Å². The molecule has 168 valence electrons. The van der Waals surface area contributed by atoms with Crippen LogP contribution in [0.5, 0.6) is 0 Å². The van der Waals surface area contributed by atoms with Crippen molar-refractivity contribution in [2.45, 2.75) is 51.7 Å². The van der Waals surface area contributed by atoms with Crippen molar-refractivity contribution >= 4 is 39.3 Å². The number of benzene rings is 2. The summed E-state index contributed by atoms with van der Waals surface area (Å²) < 4.78 is 3.03. The number of carbonyl (C=O) groups excluding carboxylic acids is 1. The number of rotatable bonds is 7. The summed E-state index contributed by atoms with van der Waals surface area (Å²) in [5, 5.41) is 13.6. The minimum atomic E-state index is -0.187. The van der Waals surface area contributed by atoms with Crippen LogP contribution < -0.4 is 5.43 Å². The Morgan fingerprint density at radius 2 is 1.75 bits per heavy atom. The second kappa shape index (κ2) is 10.4. The Balaban J connectivity index is 1.64. The molecule has 0 spiro atoms. The number of hydrazone groups is 1. The van der Waals surface area contributed by atoms with Gasteiger partial charge in [-0.25, -0.2) is 5.43 Å². The monoisotopic (exact) mass is 513 g/mol. The third-order valence-electron chi connectivity index (χ3n) is 4.98. The molecule has 3 rings (SSSR count). The van der Waals surface area contributed by atoms with Crippen LogP contribution in [0.4, 0.5) is 0 Å². The van der Waals surface area contributed by atoms with Gasteiger partial charge in [-0.15, -0.1) is 10.2 Å². The van der Waals surface area contributed by atoms with Gasteiger partial charge >= 0.3 is 0 Å². The van der Waals surface area contributed by atoms with Crippen molar-refractivity contribution in [2.75, 3.05) is 5.75 Å². The Hall–Kier alpha value is -2.45. The largest absolute Gasteiger partial charge is 0.302 e. The van der Waals surface area contributed by atoms with E-state index in [9.17, 15) is 4.79 Å². The fourth-order valence-corrected chi connectivity index (χ4v) is 4.14. The van der Waals surface area contributed by atoms with E-state index in [2.05, 4.69) is 81.7 Å². The van der Waals surface area contributed by atoms with Crippen LogP contribution >= 0.6 is 27.7 Å². The molecule has 0 atom stereocenters. The Morgan fingerprint density at radius 3 is 2.34 bits per heavy atom. The minimum Gasteiger partial charge on any atom is -0.302 e. The zero-order chi connectivity index (χ0) is 23.3. The summed E-state index contributed by atoms with van der Waals surface area (Å²) in [5.74, 6) is 0.825. The predicted octanol–water partition coefficient (Wildman–Crippen LogP) is 5.66. The van der Waals surface area contributed by atoms with Crippen LogP contribution in [0.3, 0.4) is 0 Å². The highest BCUT2D eigenvalue weighted by Crippen LogP contribution is 2.27. The SMILES string of the molecule is CCn1c(SCC(=O)N/N=C(\C)c2ccc(Br)cc2)nnc1-c1ccc(C(C)(C)C)cc1. The van der Waals surface area contributed by atoms with Crippen molar-refractivity contribution in [3.05, 3.63) is 64.1 Å². The second-order valence-electron chi connectivity index (χ2n) is 8.41. The van der Waals surface area contributed by atoms with Crippen molar-refractivity contribution < 1.29 is 4.79 Å². The number of nitrogens with one attached hydrogen (secondary N) is 1. The van der Waals surface area contributed by atoms with Gasteiger partial charge in [0.2, 0.25) is 0 Å². The highest BCUT2D eigenvalue weighted by atomic mass is 79.9. The number of amides is 1. The highest BCUT2D eigenvalue weighted by molar-refractivity contribution is 9.10. The van der Waals surface area contributed by atoms with Gasteiger partial charge in [0.25, 0.3) is 5.91 Å². The van der Waals surface area contributed by atoms with Crippen molar-refractivity contribution in [1.29, 1.82) is 0 Å². The average Bonchev–Trinajstić information content (AvgIpc) is 3.19. The van der Waals surface area contributed by atoms with Crippen LogP contribution in [0, 0.1) is 0 Å². The second-order valence-corrected chi connectivity index (χ2v) is 10.3. The van der Waals surface area contributed by atoms with E-state index in [0.717, 1.165) is 27.1 Å². The zero-order valence-corrected chi connectivity index (χ0v) is 21.4. The van der Waals surface area contributed by atoms with Gasteiger partial charge in [0.05, 0.1) is 11.5 Å². The van der Waals surface area contributed by atoms with Crippen molar-refractivity contribution in [3.8, 4) is 11.4 Å². The lowest BCUT2D eigenvalue weighted by molar-refractivity contribution is -0.118. The summed E-state index contributed by atoms with van der Waals surface area (Å²) in [6.45, 7) is 11.2. The quantitative estimate of drug-likeness (QED) is 0.251. The molecule has 0 radical (unpaired) electrons. The Kier molecular flexibility index (Phi) is 7.90. The van der Waals surface area contributed by atoms with Gasteiger partial charge in [0.1, 0.15) is 0 Å². The third kappa shape index (κ3) is 6.07. The van der Waals surface area contributed by atoms with Crippen LogP contribution in [0.25, 0.3) is 11.4 Å². The zero-order valence-electron chi connectivity index (χ0n) is 19.0. The van der Waals surface area contributed by atoms with Crippen LogP contribution in [0.15, 0.2) is 63.3 Å². The van der Waals surface area contributed by atoms with Crippen molar-refractivity contribution in [2.24, 2.45) is 5.10 Å². The van der Waals surface area contributed by atoms with E-state index in [4.69, 9.17) is 0 Å². The van der Waals surface area contributed by atoms with E-state index in [0.29, 0.717) is 11.7 Å². The standard InChI is InChI=1S/C24H28BrN5OS/c1-6-30-22(18-7-11-19(12-8-18)24(3,4)5)28-29-23(30)32-15-21(31)27-26-16(2)17-9-13-20(25)14-10-17/h7-14H,6,15H2,1-5H3,(H,27,31)/b26-16+. The lowest BCUT2D eigenvalue weighted by Crippen LogP contribution is -2.21. The number of aromatic nitrogens is 3. The lowest BCUT2D eigenvalue weighted by atomic mass is 9.87. The molecule has 0 saturated carbocycles. The molecule has 1 amide bonds. The molecule has 0 fully saturated rings. The molecule has 6 nitrogen and oxygen atoms in total. The van der Waals surface area contributed by atoms with Crippen LogP contribution in [0.2, 0.25) is 0 Å². The summed E-state index contributed by atoms with van der Waals surface area (Å²) in [5.41, 5.74) is 6.70. The van der Waals surface area contributed by atoms with E-state index in [-0.39, 0.29) is 17.1 Å². The first-order valence-electron chi connectivity index (χ1n) is 10.4. The topological polar surface area (TPSA) is 72.2 Å². The maximum absolute atomic E-state index is 12.3. The Morgan fingerprint density at radius 1 is 1.09 bits per heavy atom. The molecule has 0 saturated heterocycles. The number of carbonyl (C=O) groups is 1. The molecule has 0 unspecified atom stereocenters. The number of hydrogen-bond donors (Lipinski definition) is 1. The molecule has 0 aliphatic carbocycles. The Labute approximate surface area is 202 Å². The van der Waals surface area contributed by atoms with Gasteiger partial charge in [-0.05, 0) is 42.5 Å². The number of halogens is 1. The highest BCUT2D eigenvalue weighted by Gasteiger charge is 2.17. The summed E-state index contributed by atoms with van der Waals surface area (Å²) in [6.07, 6.45) is 0. The molecule has 0 aliphatic heterocycles. The number of nitrogens with zero attached hydrogens (tertiary/aromatic N) is 4. The van der Waals surface area contributed by atoms with E-state index < -0.39 is 0 Å². The number of thioether (sulfide) groups is 1. The van der Waals surface area contributed by atoms with E-state index in [1.165, 1.54) is 17.3 Å². The van der Waals surface area contributed by atoms with E-state index >= 15 is 0 Å². The number of hydrogen-bond acceptors (Lipinski definition) is 5. The fraction of sp³-hybridized carbons (Fsp3) is 0.333. The van der Waals surface area contributed by atoms with Gasteiger partial charge in [0.15, 0.2) is 11.0 Å². The Bertz CT molecular complexity index is 1100. The normalized spacial score (nSPS) is 12.1. The maximum atomic E-state index is 12.3. The fourth-order valence-electron chi connectivity index (χ4n) is 3.08. The molecule has 0 bridgehead atoms. The summed E-state index contributed by atoms with van der Waals surface area (Å²) in [4.78, 5) is 12.3. The van der Waals surface area contributed by atoms with Gasteiger partial charge in [-0.3, -0.25) is 4.79 Å². The van der Waals surface area contributed by atoms with Crippen molar-refractivity contribution in [3.63, 3.8) is 0 Å². The molecule has 3 aromatic rings. The van der Waals surface area contributed by atoms with Gasteiger partial charge in [-0.1, -0.05) is 84.9 Å². The van der Waals surface area contributed by atoms with Crippen molar-refractivity contribution in [1.82, 2.24) is 20.2 Å². The van der Waals surface area contributed by atoms with Crippen LogP contribution in [0.1, 0.15) is 45.7 Å². The first-order valence-corrected chi connectivity index (χ1v) is 12.2. The molecular formula is C24H28BrN5OS. The molecular weight excluding hydrogens is 486 g/mol. The first-order chi connectivity index (χ1) is 15.2. The maximum Gasteiger partial charge on any atom is 0.250 e. The molecule has 1 aromatic heterocycles. The molecule has 2 aromatic carbocycles. The lowest BCUT2D eigenvalue weighted by Gasteiger charge is -2.19. The van der Waals surface area contributed by atoms with Crippen LogP contribution in [-0.2, 0) is 16.8 Å². The van der Waals surface area contributed by atoms with E-state index in [1.54, 1.807) is 0 Å². The smallest absolute Gasteiger partial charge is 0.250 e. The predicted molar refractivity (Wildman–Crippen MR) is 135 cm³/mol. The summed E-state index contributed by atoms with van der Waals surface area (Å²) >= 11 is 4.77. The summed E-state index contributed by atoms with van der Waals surface area (Å²) in [6, 6.07) is 16.2.